The number of nitrogens with zero attached hydrogens (tertiary/aromatic N) is 4. The van der Waals surface area contributed by atoms with Gasteiger partial charge in [-0.3, -0.25) is 9.69 Å². The van der Waals surface area contributed by atoms with Crippen molar-refractivity contribution in [1.29, 1.82) is 10.5 Å². The highest BCUT2D eigenvalue weighted by molar-refractivity contribution is 5.45. The van der Waals surface area contributed by atoms with Crippen LogP contribution in [0.2, 0.25) is 0 Å². The van der Waals surface area contributed by atoms with Crippen molar-refractivity contribution in [2.75, 3.05) is 0 Å². The highest BCUT2D eigenvalue weighted by Gasteiger charge is 2.23. The number of benzene rings is 1. The van der Waals surface area contributed by atoms with E-state index < -0.39 is 12.1 Å². The minimum absolute atomic E-state index is 0.649. The summed E-state index contributed by atoms with van der Waals surface area (Å²) in [6.07, 6.45) is 0. The van der Waals surface area contributed by atoms with Crippen LogP contribution in [0.1, 0.15) is 34.3 Å². The summed E-state index contributed by atoms with van der Waals surface area (Å²) in [5, 5.41) is 17.8. The van der Waals surface area contributed by atoms with E-state index in [-0.39, 0.29) is 0 Å². The Balaban J connectivity index is 3.41. The maximum Gasteiger partial charge on any atom is 0.332 e. The minimum atomic E-state index is -0.828. The van der Waals surface area contributed by atoms with E-state index in [9.17, 15) is 0 Å². The molecule has 0 saturated carbocycles. The van der Waals surface area contributed by atoms with Gasteiger partial charge in [0.2, 0.25) is 0 Å². The molecule has 1 rings (SSSR count). The zero-order valence-electron chi connectivity index (χ0n) is 10.1. The van der Waals surface area contributed by atoms with Crippen molar-refractivity contribution in [2.24, 2.45) is 0 Å². The van der Waals surface area contributed by atoms with E-state index in [1.165, 1.54) is 0 Å². The molecule has 0 fully saturated rings. The first-order chi connectivity index (χ1) is 8.58. The minimum Gasteiger partial charge on any atom is -0.292 e. The van der Waals surface area contributed by atoms with Crippen LogP contribution in [0.25, 0.3) is 9.69 Å². The molecule has 2 atom stereocenters. The predicted octanol–water partition coefficient (Wildman–Crippen LogP) is 3.27. The monoisotopic (exact) mass is 234 g/mol. The number of aryl methyl sites for hydroxylation is 2. The molecule has 0 aliphatic heterocycles. The van der Waals surface area contributed by atoms with Crippen LogP contribution in [0.15, 0.2) is 12.1 Å². The molecule has 4 heteroatoms. The first kappa shape index (κ1) is 13.2. The number of hydrogen-bond donors (Lipinski definition) is 0. The van der Waals surface area contributed by atoms with Crippen LogP contribution in [0.5, 0.6) is 0 Å². The van der Waals surface area contributed by atoms with Crippen LogP contribution in [-0.4, -0.2) is 0 Å². The highest BCUT2D eigenvalue weighted by atomic mass is 14.7. The summed E-state index contributed by atoms with van der Waals surface area (Å²) >= 11 is 0. The number of hydrogen-bond acceptors (Lipinski definition) is 2. The Labute approximate surface area is 106 Å². The third-order valence-corrected chi connectivity index (χ3v) is 2.75. The van der Waals surface area contributed by atoms with Crippen LogP contribution in [0.3, 0.4) is 0 Å². The van der Waals surface area contributed by atoms with Crippen molar-refractivity contribution in [3.05, 3.63) is 57.2 Å². The van der Waals surface area contributed by atoms with Gasteiger partial charge in [-0.1, -0.05) is 0 Å². The van der Waals surface area contributed by atoms with Gasteiger partial charge in [-0.2, -0.15) is 10.5 Å². The van der Waals surface area contributed by atoms with E-state index >= 15 is 0 Å². The van der Waals surface area contributed by atoms with Crippen molar-refractivity contribution in [3.63, 3.8) is 0 Å². The molecule has 0 aromatic heterocycles. The van der Waals surface area contributed by atoms with Crippen molar-refractivity contribution in [2.45, 2.75) is 25.9 Å². The Morgan fingerprint density at radius 2 is 1.28 bits per heavy atom. The van der Waals surface area contributed by atoms with Crippen LogP contribution in [0.4, 0.5) is 0 Å². The van der Waals surface area contributed by atoms with E-state index in [4.69, 9.17) is 23.7 Å². The van der Waals surface area contributed by atoms with Gasteiger partial charge in [0.15, 0.2) is 12.1 Å². The normalized spacial score (nSPS) is 12.3. The lowest BCUT2D eigenvalue weighted by Gasteiger charge is -2.09. The zero-order chi connectivity index (χ0) is 13.7. The van der Waals surface area contributed by atoms with Crippen LogP contribution in [-0.2, 0) is 0 Å². The molecule has 0 heterocycles. The van der Waals surface area contributed by atoms with Gasteiger partial charge >= 0.3 is 12.1 Å². The van der Waals surface area contributed by atoms with Gasteiger partial charge in [0.1, 0.15) is 0 Å². The van der Waals surface area contributed by atoms with E-state index in [0.717, 1.165) is 11.1 Å². The molecule has 0 radical (unpaired) electrons. The van der Waals surface area contributed by atoms with Gasteiger partial charge in [0, 0.05) is 0 Å². The molecule has 0 aliphatic rings. The number of nitriles is 2. The maximum atomic E-state index is 8.90. The first-order valence-corrected chi connectivity index (χ1v) is 5.22. The molecule has 0 N–H and O–H groups in total. The summed E-state index contributed by atoms with van der Waals surface area (Å²) < 4.78 is 0. The van der Waals surface area contributed by atoms with Gasteiger partial charge in [-0.05, 0) is 37.1 Å². The average molecular weight is 234 g/mol. The van der Waals surface area contributed by atoms with Gasteiger partial charge in [-0.25, -0.2) is 13.1 Å². The summed E-state index contributed by atoms with van der Waals surface area (Å²) in [7, 11) is 0. The molecule has 0 bridgehead atoms. The molecule has 1 aromatic rings. The summed E-state index contributed by atoms with van der Waals surface area (Å²) in [5.41, 5.74) is 2.83. The van der Waals surface area contributed by atoms with Crippen LogP contribution >= 0.6 is 0 Å². The quantitative estimate of drug-likeness (QED) is 0.737. The fraction of sp³-hybridized carbons (Fsp3) is 0.286. The molecule has 18 heavy (non-hydrogen) atoms. The predicted molar refractivity (Wildman–Crippen MR) is 65.8 cm³/mol. The second-order valence-corrected chi connectivity index (χ2v) is 3.89. The third-order valence-electron chi connectivity index (χ3n) is 2.75. The Kier molecular flexibility index (Phi) is 4.04. The Morgan fingerprint density at radius 3 is 1.50 bits per heavy atom. The topological polar surface area (TPSA) is 56.3 Å². The first-order valence-electron chi connectivity index (χ1n) is 5.22. The van der Waals surface area contributed by atoms with E-state index in [1.807, 2.05) is 12.1 Å². The Morgan fingerprint density at radius 1 is 0.944 bits per heavy atom. The molecule has 0 amide bonds. The van der Waals surface area contributed by atoms with E-state index in [1.54, 1.807) is 26.0 Å². The summed E-state index contributed by atoms with van der Waals surface area (Å²) in [5.74, 6) is 0. The maximum absolute atomic E-state index is 8.90. The van der Waals surface area contributed by atoms with Crippen molar-refractivity contribution in [1.82, 2.24) is 0 Å². The molecule has 0 spiro atoms. The van der Waals surface area contributed by atoms with E-state index in [2.05, 4.69) is 9.69 Å². The zero-order valence-corrected chi connectivity index (χ0v) is 10.1. The summed E-state index contributed by atoms with van der Waals surface area (Å²) in [4.78, 5) is 6.51. The summed E-state index contributed by atoms with van der Waals surface area (Å²) in [6, 6.07) is 5.67. The second-order valence-electron chi connectivity index (χ2n) is 3.89. The molecular weight excluding hydrogens is 224 g/mol. The van der Waals surface area contributed by atoms with Gasteiger partial charge in [-0.15, -0.1) is 0 Å². The SMILES string of the molecule is [C-]#[N+]C(C#N)c1cc(C)c(C(C#N)[N+]#[C-])cc1C. The fourth-order valence-electron chi connectivity index (χ4n) is 1.79. The average Bonchev–Trinajstić information content (AvgIpc) is 2.37. The summed E-state index contributed by atoms with van der Waals surface area (Å²) in [6.45, 7) is 17.5. The smallest absolute Gasteiger partial charge is 0.292 e. The molecule has 86 valence electrons. The lowest BCUT2D eigenvalue weighted by Crippen LogP contribution is -2.00. The van der Waals surface area contributed by atoms with E-state index in [0.29, 0.717) is 11.1 Å². The van der Waals surface area contributed by atoms with Crippen molar-refractivity contribution < 1.29 is 0 Å². The van der Waals surface area contributed by atoms with Crippen molar-refractivity contribution >= 4 is 0 Å². The molecule has 1 aromatic carbocycles. The van der Waals surface area contributed by atoms with Crippen molar-refractivity contribution in [3.8, 4) is 12.1 Å². The highest BCUT2D eigenvalue weighted by Crippen LogP contribution is 2.28. The Bertz CT molecular complexity index is 546. The number of rotatable bonds is 2. The molecular formula is C14H10N4. The lowest BCUT2D eigenvalue weighted by atomic mass is 9.93. The Hall–Kier alpha value is -2.82. The van der Waals surface area contributed by atoms with Gasteiger partial charge < -0.3 is 0 Å². The fourth-order valence-corrected chi connectivity index (χ4v) is 1.79. The lowest BCUT2D eigenvalue weighted by molar-refractivity contribution is 1.01. The molecule has 0 saturated heterocycles. The standard InChI is InChI=1S/C14H10N4/c1-9-5-12(14(8-16)18-4)10(2)6-11(9)13(7-15)17-3/h5-6,13-14H,1-2H3. The third kappa shape index (κ3) is 2.30. The largest absolute Gasteiger partial charge is 0.332 e. The molecule has 4 nitrogen and oxygen atoms in total. The molecule has 0 aliphatic carbocycles. The molecule has 2 unspecified atom stereocenters. The van der Waals surface area contributed by atoms with Crippen LogP contribution in [0, 0.1) is 49.7 Å². The van der Waals surface area contributed by atoms with Gasteiger partial charge in [0.05, 0.1) is 11.1 Å². The van der Waals surface area contributed by atoms with Crippen LogP contribution < -0.4 is 0 Å². The second kappa shape index (κ2) is 5.49. The van der Waals surface area contributed by atoms with Gasteiger partial charge in [0.25, 0.3) is 0 Å².